The maximum Gasteiger partial charge on any atom is 0.222 e. The number of hydrogen-bond donors (Lipinski definition) is 0. The molecular weight excluding hydrogens is 386 g/mol. The van der Waals surface area contributed by atoms with Crippen molar-refractivity contribution >= 4 is 28.5 Å². The van der Waals surface area contributed by atoms with Crippen LogP contribution >= 0.6 is 11.6 Å². The van der Waals surface area contributed by atoms with Crippen molar-refractivity contribution in [1.29, 1.82) is 0 Å². The predicted octanol–water partition coefficient (Wildman–Crippen LogP) is 5.23. The maximum atomic E-state index is 12.4. The number of rotatable bonds is 7. The third-order valence-corrected chi connectivity index (χ3v) is 5.79. The number of aryl methyl sites for hydroxylation is 1. The highest BCUT2D eigenvalue weighted by Crippen LogP contribution is 2.34. The lowest BCUT2D eigenvalue weighted by molar-refractivity contribution is -0.131. The van der Waals surface area contributed by atoms with Crippen molar-refractivity contribution in [2.75, 3.05) is 13.2 Å². The summed E-state index contributed by atoms with van der Waals surface area (Å²) in [4.78, 5) is 19.3. The SMILES string of the molecule is CCC(=O)N1CCC[C@H]1c1nc2ccccc2n1CCCOc1ccccc1Cl. The van der Waals surface area contributed by atoms with Gasteiger partial charge in [0.25, 0.3) is 0 Å². The van der Waals surface area contributed by atoms with E-state index in [4.69, 9.17) is 21.3 Å². The Morgan fingerprint density at radius 2 is 2.00 bits per heavy atom. The van der Waals surface area contributed by atoms with Gasteiger partial charge in [-0.25, -0.2) is 4.98 Å². The van der Waals surface area contributed by atoms with E-state index < -0.39 is 0 Å². The van der Waals surface area contributed by atoms with Crippen molar-refractivity contribution < 1.29 is 9.53 Å². The first-order valence-corrected chi connectivity index (χ1v) is 10.7. The molecule has 29 heavy (non-hydrogen) atoms. The number of imidazole rings is 1. The normalized spacial score (nSPS) is 16.5. The van der Waals surface area contributed by atoms with Crippen LogP contribution in [0.5, 0.6) is 5.75 Å². The van der Waals surface area contributed by atoms with Gasteiger partial charge in [0.05, 0.1) is 28.7 Å². The molecule has 0 radical (unpaired) electrons. The number of nitrogens with zero attached hydrogens (tertiary/aromatic N) is 3. The molecule has 0 N–H and O–H groups in total. The number of hydrogen-bond acceptors (Lipinski definition) is 3. The summed E-state index contributed by atoms with van der Waals surface area (Å²) < 4.78 is 8.12. The second-order valence-corrected chi connectivity index (χ2v) is 7.75. The van der Waals surface area contributed by atoms with Gasteiger partial charge in [-0.05, 0) is 43.5 Å². The molecule has 6 heteroatoms. The van der Waals surface area contributed by atoms with Gasteiger partial charge in [0.1, 0.15) is 11.6 Å². The molecule has 0 bridgehead atoms. The second kappa shape index (κ2) is 8.87. The van der Waals surface area contributed by atoms with Crippen LogP contribution in [0.1, 0.15) is 44.5 Å². The van der Waals surface area contributed by atoms with Crippen molar-refractivity contribution in [2.45, 2.75) is 45.2 Å². The molecule has 1 atom stereocenters. The van der Waals surface area contributed by atoms with Crippen LogP contribution in [0.25, 0.3) is 11.0 Å². The number of benzene rings is 2. The quantitative estimate of drug-likeness (QED) is 0.500. The lowest BCUT2D eigenvalue weighted by Crippen LogP contribution is -2.31. The summed E-state index contributed by atoms with van der Waals surface area (Å²) >= 11 is 6.17. The smallest absolute Gasteiger partial charge is 0.222 e. The molecule has 0 saturated carbocycles. The standard InChI is InChI=1S/C23H26ClN3O2/c1-2-22(28)26-14-7-12-20(26)23-25-18-10-4-5-11-19(18)27(23)15-8-16-29-21-13-6-3-9-17(21)24/h3-6,9-11,13,20H,2,7-8,12,14-16H2,1H3/t20-/m0/s1. The highest BCUT2D eigenvalue weighted by molar-refractivity contribution is 6.32. The van der Waals surface area contributed by atoms with Crippen LogP contribution in [0.4, 0.5) is 0 Å². The number of carbonyl (C=O) groups is 1. The predicted molar refractivity (Wildman–Crippen MR) is 115 cm³/mol. The first-order valence-electron chi connectivity index (χ1n) is 10.3. The number of para-hydroxylation sites is 3. The van der Waals surface area contributed by atoms with E-state index in [2.05, 4.69) is 10.6 Å². The molecule has 1 aromatic heterocycles. The Bertz CT molecular complexity index is 1000. The Morgan fingerprint density at radius 3 is 2.83 bits per heavy atom. The molecule has 3 aromatic rings. The topological polar surface area (TPSA) is 47.4 Å². The lowest BCUT2D eigenvalue weighted by atomic mass is 10.2. The summed E-state index contributed by atoms with van der Waals surface area (Å²) in [5, 5.41) is 0.626. The Balaban J connectivity index is 1.54. The van der Waals surface area contributed by atoms with E-state index in [0.29, 0.717) is 23.8 Å². The Labute approximate surface area is 176 Å². The fraction of sp³-hybridized carbons (Fsp3) is 0.391. The van der Waals surface area contributed by atoms with Crippen LogP contribution < -0.4 is 4.74 Å². The molecule has 152 valence electrons. The summed E-state index contributed by atoms with van der Waals surface area (Å²) in [5.74, 6) is 1.90. The van der Waals surface area contributed by atoms with E-state index in [9.17, 15) is 4.79 Å². The summed E-state index contributed by atoms with van der Waals surface area (Å²) in [6.07, 6.45) is 3.34. The van der Waals surface area contributed by atoms with E-state index in [1.165, 1.54) is 0 Å². The summed E-state index contributed by atoms with van der Waals surface area (Å²) in [5.41, 5.74) is 2.08. The molecule has 4 rings (SSSR count). The zero-order chi connectivity index (χ0) is 20.2. The Morgan fingerprint density at radius 1 is 1.21 bits per heavy atom. The van der Waals surface area contributed by atoms with Crippen LogP contribution in [-0.2, 0) is 11.3 Å². The molecule has 0 unspecified atom stereocenters. The molecule has 2 heterocycles. The molecule has 1 saturated heterocycles. The third kappa shape index (κ3) is 4.10. The molecule has 1 aliphatic rings. The van der Waals surface area contributed by atoms with Crippen LogP contribution in [0.3, 0.4) is 0 Å². The van der Waals surface area contributed by atoms with Gasteiger partial charge < -0.3 is 14.2 Å². The zero-order valence-electron chi connectivity index (χ0n) is 16.7. The third-order valence-electron chi connectivity index (χ3n) is 5.48. The fourth-order valence-electron chi connectivity index (χ4n) is 4.09. The maximum absolute atomic E-state index is 12.4. The van der Waals surface area contributed by atoms with Crippen molar-refractivity contribution in [1.82, 2.24) is 14.5 Å². The Kier molecular flexibility index (Phi) is 6.05. The summed E-state index contributed by atoms with van der Waals surface area (Å²) in [7, 11) is 0. The van der Waals surface area contributed by atoms with Crippen molar-refractivity contribution in [3.05, 3.63) is 59.4 Å². The minimum Gasteiger partial charge on any atom is -0.492 e. The molecule has 0 aliphatic carbocycles. The van der Waals surface area contributed by atoms with E-state index in [1.807, 2.05) is 54.3 Å². The molecule has 5 nitrogen and oxygen atoms in total. The molecule has 2 aromatic carbocycles. The van der Waals surface area contributed by atoms with Gasteiger partial charge in [-0.3, -0.25) is 4.79 Å². The number of likely N-dealkylation sites (tertiary alicyclic amines) is 1. The van der Waals surface area contributed by atoms with Gasteiger partial charge >= 0.3 is 0 Å². The van der Waals surface area contributed by atoms with Gasteiger partial charge in [0.2, 0.25) is 5.91 Å². The average Bonchev–Trinajstić information content (AvgIpc) is 3.36. The second-order valence-electron chi connectivity index (χ2n) is 7.34. The number of aromatic nitrogens is 2. The number of carbonyl (C=O) groups excluding carboxylic acids is 1. The molecular formula is C23H26ClN3O2. The number of amides is 1. The molecule has 1 aliphatic heterocycles. The van der Waals surface area contributed by atoms with Crippen LogP contribution in [0, 0.1) is 0 Å². The van der Waals surface area contributed by atoms with E-state index >= 15 is 0 Å². The van der Waals surface area contributed by atoms with Crippen molar-refractivity contribution in [3.8, 4) is 5.75 Å². The van der Waals surface area contributed by atoms with Gasteiger partial charge in [-0.1, -0.05) is 42.8 Å². The Hall–Kier alpha value is -2.53. The summed E-state index contributed by atoms with van der Waals surface area (Å²) in [6, 6.07) is 15.8. The van der Waals surface area contributed by atoms with Crippen molar-refractivity contribution in [2.24, 2.45) is 0 Å². The highest BCUT2D eigenvalue weighted by Gasteiger charge is 2.32. The molecule has 0 spiro atoms. The molecule has 1 amide bonds. The highest BCUT2D eigenvalue weighted by atomic mass is 35.5. The first kappa shape index (κ1) is 19.8. The van der Waals surface area contributed by atoms with Crippen molar-refractivity contribution in [3.63, 3.8) is 0 Å². The van der Waals surface area contributed by atoms with Crippen LogP contribution in [-0.4, -0.2) is 33.5 Å². The van der Waals surface area contributed by atoms with Gasteiger partial charge in [0.15, 0.2) is 0 Å². The first-order chi connectivity index (χ1) is 14.2. The lowest BCUT2D eigenvalue weighted by Gasteiger charge is -2.25. The number of fused-ring (bicyclic) bond motifs is 1. The minimum atomic E-state index is 0.0549. The van der Waals surface area contributed by atoms with Gasteiger partial charge in [0, 0.05) is 19.5 Å². The fourth-order valence-corrected chi connectivity index (χ4v) is 4.28. The largest absolute Gasteiger partial charge is 0.492 e. The number of ether oxygens (including phenoxy) is 1. The monoisotopic (exact) mass is 411 g/mol. The van der Waals surface area contributed by atoms with E-state index in [-0.39, 0.29) is 11.9 Å². The van der Waals surface area contributed by atoms with Gasteiger partial charge in [-0.2, -0.15) is 0 Å². The van der Waals surface area contributed by atoms with E-state index in [1.54, 1.807) is 0 Å². The summed E-state index contributed by atoms with van der Waals surface area (Å²) in [6.45, 7) is 4.09. The van der Waals surface area contributed by atoms with Crippen LogP contribution in [0.2, 0.25) is 5.02 Å². The zero-order valence-corrected chi connectivity index (χ0v) is 17.4. The molecule has 1 fully saturated rings. The van der Waals surface area contributed by atoms with Gasteiger partial charge in [-0.15, -0.1) is 0 Å². The number of halogens is 1. The van der Waals surface area contributed by atoms with E-state index in [0.717, 1.165) is 49.2 Å². The minimum absolute atomic E-state index is 0.0549. The average molecular weight is 412 g/mol. The van der Waals surface area contributed by atoms with Crippen LogP contribution in [0.15, 0.2) is 48.5 Å².